The van der Waals surface area contributed by atoms with Gasteiger partial charge < -0.3 is 4.74 Å². The molecule has 2 atom stereocenters. The first-order valence-electron chi connectivity index (χ1n) is 9.20. The summed E-state index contributed by atoms with van der Waals surface area (Å²) in [6, 6.07) is 26.8. The van der Waals surface area contributed by atoms with Gasteiger partial charge in [0.1, 0.15) is 11.7 Å². The fraction of sp³-hybridized carbons (Fsp3) is 0.217. The second-order valence-corrected chi connectivity index (χ2v) is 6.96. The van der Waals surface area contributed by atoms with E-state index in [1.807, 2.05) is 30.3 Å². The zero-order chi connectivity index (χ0) is 17.3. The van der Waals surface area contributed by atoms with Crippen LogP contribution in [0.4, 0.5) is 0 Å². The van der Waals surface area contributed by atoms with Gasteiger partial charge in [-0.3, -0.25) is 0 Å². The van der Waals surface area contributed by atoms with Gasteiger partial charge >= 0.3 is 0 Å². The first-order valence-corrected chi connectivity index (χ1v) is 9.20. The van der Waals surface area contributed by atoms with E-state index in [1.54, 1.807) is 0 Å². The van der Waals surface area contributed by atoms with Crippen LogP contribution in [0.1, 0.15) is 53.4 Å². The van der Waals surface area contributed by atoms with Crippen molar-refractivity contribution in [2.75, 3.05) is 0 Å². The van der Waals surface area contributed by atoms with Crippen LogP contribution >= 0.6 is 0 Å². The van der Waals surface area contributed by atoms with Crippen molar-refractivity contribution in [2.45, 2.75) is 30.9 Å². The molecule has 2 aromatic carbocycles. The molecule has 3 heteroatoms. The SMILES string of the molecule is c1ccc([C@H]2N=C(c3cccc(C4CC4)n3)O[C@@H]2c2ccccc2)cc1. The fourth-order valence-electron chi connectivity index (χ4n) is 3.51. The summed E-state index contributed by atoms with van der Waals surface area (Å²) < 4.78 is 6.34. The minimum atomic E-state index is -0.125. The Balaban J connectivity index is 1.53. The number of aliphatic imine (C=N–C) groups is 1. The summed E-state index contributed by atoms with van der Waals surface area (Å²) in [5, 5.41) is 0. The van der Waals surface area contributed by atoms with Crippen LogP contribution in [0.3, 0.4) is 0 Å². The van der Waals surface area contributed by atoms with E-state index in [2.05, 4.69) is 48.5 Å². The molecule has 5 rings (SSSR count). The first-order chi connectivity index (χ1) is 12.9. The van der Waals surface area contributed by atoms with Gasteiger partial charge in [0, 0.05) is 11.6 Å². The quantitative estimate of drug-likeness (QED) is 0.653. The largest absolute Gasteiger partial charge is 0.465 e. The lowest BCUT2D eigenvalue weighted by Crippen LogP contribution is -2.10. The molecule has 1 fully saturated rings. The molecule has 128 valence electrons. The van der Waals surface area contributed by atoms with E-state index >= 15 is 0 Å². The summed E-state index contributed by atoms with van der Waals surface area (Å²) in [5.41, 5.74) is 4.30. The molecule has 3 aromatic rings. The normalized spacial score (nSPS) is 21.9. The van der Waals surface area contributed by atoms with Crippen molar-refractivity contribution in [3.63, 3.8) is 0 Å². The number of hydrogen-bond acceptors (Lipinski definition) is 3. The second kappa shape index (κ2) is 6.41. The Kier molecular flexibility index (Phi) is 3.78. The van der Waals surface area contributed by atoms with E-state index in [0.29, 0.717) is 11.8 Å². The molecule has 2 heterocycles. The van der Waals surface area contributed by atoms with E-state index in [0.717, 1.165) is 22.5 Å². The summed E-state index contributed by atoms with van der Waals surface area (Å²) in [5.74, 6) is 1.27. The van der Waals surface area contributed by atoms with Crippen LogP contribution in [0.5, 0.6) is 0 Å². The maximum Gasteiger partial charge on any atom is 0.236 e. The zero-order valence-electron chi connectivity index (χ0n) is 14.5. The molecule has 0 spiro atoms. The van der Waals surface area contributed by atoms with E-state index in [1.165, 1.54) is 12.8 Å². The fourth-order valence-corrected chi connectivity index (χ4v) is 3.51. The smallest absolute Gasteiger partial charge is 0.236 e. The maximum absolute atomic E-state index is 6.34. The average Bonchev–Trinajstić information content (AvgIpc) is 3.48. The van der Waals surface area contributed by atoms with Crippen molar-refractivity contribution in [3.8, 4) is 0 Å². The molecule has 2 aliphatic rings. The number of rotatable bonds is 4. The van der Waals surface area contributed by atoms with Gasteiger partial charge in [0.25, 0.3) is 0 Å². The summed E-state index contributed by atoms with van der Waals surface area (Å²) >= 11 is 0. The van der Waals surface area contributed by atoms with Gasteiger partial charge in [0.05, 0.1) is 0 Å². The summed E-state index contributed by atoms with van der Waals surface area (Å²) in [6.07, 6.45) is 2.35. The number of ether oxygens (including phenoxy) is 1. The highest BCUT2D eigenvalue weighted by molar-refractivity contribution is 5.93. The van der Waals surface area contributed by atoms with Crippen LogP contribution in [0.15, 0.2) is 83.9 Å². The van der Waals surface area contributed by atoms with Crippen molar-refractivity contribution < 1.29 is 4.74 Å². The highest BCUT2D eigenvalue weighted by atomic mass is 16.5. The molecule has 3 nitrogen and oxygen atoms in total. The van der Waals surface area contributed by atoms with Crippen molar-refractivity contribution >= 4 is 5.90 Å². The molecular weight excluding hydrogens is 320 g/mol. The standard InChI is InChI=1S/C23H20N2O/c1-3-8-17(9-4-1)21-22(18-10-5-2-6-11-18)26-23(25-21)20-13-7-12-19(24-20)16-14-15-16/h1-13,16,21-22H,14-15H2/t21-,22-/m1/s1. The molecule has 0 amide bonds. The van der Waals surface area contributed by atoms with E-state index in [9.17, 15) is 0 Å². The molecule has 0 bridgehead atoms. The molecule has 1 aliphatic heterocycles. The van der Waals surface area contributed by atoms with E-state index in [-0.39, 0.29) is 12.1 Å². The molecule has 0 saturated heterocycles. The van der Waals surface area contributed by atoms with Gasteiger partial charge in [-0.2, -0.15) is 0 Å². The Bertz CT molecular complexity index is 933. The van der Waals surface area contributed by atoms with Crippen LogP contribution in [0, 0.1) is 0 Å². The van der Waals surface area contributed by atoms with Gasteiger partial charge in [0.2, 0.25) is 5.90 Å². The van der Waals surface area contributed by atoms with E-state index < -0.39 is 0 Å². The Labute approximate surface area is 153 Å². The predicted molar refractivity (Wildman–Crippen MR) is 102 cm³/mol. The van der Waals surface area contributed by atoms with Crippen LogP contribution in [-0.2, 0) is 4.74 Å². The lowest BCUT2D eigenvalue weighted by Gasteiger charge is -2.18. The molecule has 1 aromatic heterocycles. The number of hydrogen-bond donors (Lipinski definition) is 0. The van der Waals surface area contributed by atoms with Crippen LogP contribution < -0.4 is 0 Å². The molecule has 26 heavy (non-hydrogen) atoms. The second-order valence-electron chi connectivity index (χ2n) is 6.96. The third-order valence-electron chi connectivity index (χ3n) is 5.04. The summed E-state index contributed by atoms with van der Waals surface area (Å²) in [7, 11) is 0. The number of aromatic nitrogens is 1. The van der Waals surface area contributed by atoms with Gasteiger partial charge in [-0.1, -0.05) is 66.7 Å². The Morgan fingerprint density at radius 3 is 2.12 bits per heavy atom. The minimum Gasteiger partial charge on any atom is -0.465 e. The number of nitrogens with zero attached hydrogens (tertiary/aromatic N) is 2. The highest BCUT2D eigenvalue weighted by Gasteiger charge is 2.35. The van der Waals surface area contributed by atoms with Gasteiger partial charge in [-0.05, 0) is 36.1 Å². The van der Waals surface area contributed by atoms with Crippen molar-refractivity contribution in [1.29, 1.82) is 0 Å². The lowest BCUT2D eigenvalue weighted by molar-refractivity contribution is 0.196. The number of pyridine rings is 1. The zero-order valence-corrected chi connectivity index (χ0v) is 14.5. The molecule has 0 N–H and O–H groups in total. The molecule has 1 saturated carbocycles. The van der Waals surface area contributed by atoms with Crippen molar-refractivity contribution in [3.05, 3.63) is 101 Å². The van der Waals surface area contributed by atoms with E-state index in [4.69, 9.17) is 14.7 Å². The predicted octanol–water partition coefficient (Wildman–Crippen LogP) is 5.22. The lowest BCUT2D eigenvalue weighted by atomic mass is 9.97. The Morgan fingerprint density at radius 2 is 1.42 bits per heavy atom. The third kappa shape index (κ3) is 2.90. The topological polar surface area (TPSA) is 34.5 Å². The molecule has 1 aliphatic carbocycles. The van der Waals surface area contributed by atoms with Crippen LogP contribution in [0.25, 0.3) is 0 Å². The van der Waals surface area contributed by atoms with Gasteiger partial charge in [-0.25, -0.2) is 9.98 Å². The van der Waals surface area contributed by atoms with Crippen LogP contribution in [0.2, 0.25) is 0 Å². The molecule has 0 radical (unpaired) electrons. The van der Waals surface area contributed by atoms with Gasteiger partial charge in [-0.15, -0.1) is 0 Å². The monoisotopic (exact) mass is 340 g/mol. The Morgan fingerprint density at radius 1 is 0.731 bits per heavy atom. The van der Waals surface area contributed by atoms with Crippen molar-refractivity contribution in [2.24, 2.45) is 4.99 Å². The molecule has 0 unspecified atom stereocenters. The average molecular weight is 340 g/mol. The minimum absolute atomic E-state index is 0.0556. The first kappa shape index (κ1) is 15.3. The van der Waals surface area contributed by atoms with Gasteiger partial charge in [0.15, 0.2) is 6.10 Å². The molecular formula is C23H20N2O. The van der Waals surface area contributed by atoms with Crippen molar-refractivity contribution in [1.82, 2.24) is 4.98 Å². The Hall–Kier alpha value is -2.94. The summed E-state index contributed by atoms with van der Waals surface area (Å²) in [4.78, 5) is 9.76. The third-order valence-corrected chi connectivity index (χ3v) is 5.04. The highest BCUT2D eigenvalue weighted by Crippen LogP contribution is 2.42. The van der Waals surface area contributed by atoms with Crippen LogP contribution in [-0.4, -0.2) is 10.9 Å². The maximum atomic E-state index is 6.34. The number of benzene rings is 2. The summed E-state index contributed by atoms with van der Waals surface area (Å²) in [6.45, 7) is 0.